The van der Waals surface area contributed by atoms with Crippen LogP contribution in [0.1, 0.15) is 13.8 Å². The van der Waals surface area contributed by atoms with Gasteiger partial charge in [-0.25, -0.2) is 4.79 Å². The van der Waals surface area contributed by atoms with Gasteiger partial charge in [0.1, 0.15) is 0 Å². The zero-order valence-corrected chi connectivity index (χ0v) is 17.8. The van der Waals surface area contributed by atoms with Crippen LogP contribution < -0.4 is 20.0 Å². The van der Waals surface area contributed by atoms with Crippen molar-refractivity contribution < 1.29 is 4.79 Å². The molecule has 8 nitrogen and oxygen atoms in total. The number of carbonyl (C=O) groups excluding carboxylic acids is 1. The van der Waals surface area contributed by atoms with E-state index in [1.54, 1.807) is 0 Å². The number of anilines is 3. The fraction of sp³-hybridized carbons (Fsp3) is 0.364. The number of amides is 2. The van der Waals surface area contributed by atoms with Gasteiger partial charge >= 0.3 is 6.03 Å². The van der Waals surface area contributed by atoms with Crippen LogP contribution in [0.2, 0.25) is 0 Å². The molecule has 0 saturated carbocycles. The molecule has 0 spiro atoms. The van der Waals surface area contributed by atoms with E-state index in [1.807, 2.05) is 44.2 Å². The van der Waals surface area contributed by atoms with Crippen molar-refractivity contribution in [3.05, 3.63) is 59.5 Å². The maximum atomic E-state index is 12.2. The van der Waals surface area contributed by atoms with E-state index in [2.05, 4.69) is 44.6 Å². The molecule has 2 aromatic carbocycles. The van der Waals surface area contributed by atoms with Crippen molar-refractivity contribution in [2.75, 3.05) is 47.9 Å². The molecule has 2 N–H and O–H groups in total. The number of rotatable bonds is 5. The van der Waals surface area contributed by atoms with Gasteiger partial charge in [0.25, 0.3) is 0 Å². The fourth-order valence-electron chi connectivity index (χ4n) is 3.25. The van der Waals surface area contributed by atoms with E-state index in [0.717, 1.165) is 38.2 Å². The normalized spacial score (nSPS) is 13.2. The minimum absolute atomic E-state index is 0.0279. The number of carbonyl (C=O) groups is 1. The Morgan fingerprint density at radius 2 is 1.47 bits per heavy atom. The van der Waals surface area contributed by atoms with Crippen molar-refractivity contribution >= 4 is 29.4 Å². The van der Waals surface area contributed by atoms with Crippen molar-refractivity contribution in [3.63, 3.8) is 0 Å². The van der Waals surface area contributed by atoms with Crippen molar-refractivity contribution in [2.24, 2.45) is 5.18 Å². The monoisotopic (exact) mass is 410 g/mol. The van der Waals surface area contributed by atoms with E-state index in [0.29, 0.717) is 5.69 Å². The molecule has 2 aromatic rings. The summed E-state index contributed by atoms with van der Waals surface area (Å²) < 4.78 is 0. The Kier molecular flexibility index (Phi) is 8.80. The first-order chi connectivity index (χ1) is 14.5. The first-order valence-electron chi connectivity index (χ1n) is 9.97. The van der Waals surface area contributed by atoms with Crippen LogP contribution in [0, 0.1) is 10.3 Å². The maximum Gasteiger partial charge on any atom is 0.327 e. The molecule has 1 heterocycles. The number of benzene rings is 2. The summed E-state index contributed by atoms with van der Waals surface area (Å²) in [5, 5.41) is 12.6. The average molecular weight is 411 g/mol. The van der Waals surface area contributed by atoms with Crippen LogP contribution in [0.5, 0.6) is 0 Å². The molecule has 0 aromatic heterocycles. The number of hydrogen-bond donors (Lipinski definition) is 2. The molecule has 1 saturated heterocycles. The Bertz CT molecular complexity index is 802. The highest BCUT2D eigenvalue weighted by molar-refractivity contribution is 6.06. The number of urea groups is 1. The predicted molar refractivity (Wildman–Crippen MR) is 124 cm³/mol. The third kappa shape index (κ3) is 6.30. The lowest BCUT2D eigenvalue weighted by Gasteiger charge is -2.37. The summed E-state index contributed by atoms with van der Waals surface area (Å²) in [6, 6.07) is 18.1. The number of piperazine rings is 1. The van der Waals surface area contributed by atoms with Gasteiger partial charge < -0.3 is 15.1 Å². The van der Waals surface area contributed by atoms with E-state index in [9.17, 15) is 4.79 Å². The largest absolute Gasteiger partial charge is 0.368 e. The number of nitrogens with zero attached hydrogens (tertiary/aromatic N) is 4. The molecule has 1 aliphatic rings. The van der Waals surface area contributed by atoms with E-state index < -0.39 is 0 Å². The van der Waals surface area contributed by atoms with Gasteiger partial charge in [0.2, 0.25) is 0 Å². The molecule has 30 heavy (non-hydrogen) atoms. The van der Waals surface area contributed by atoms with E-state index in [-0.39, 0.29) is 12.1 Å². The second-order valence-electron chi connectivity index (χ2n) is 7.11. The van der Waals surface area contributed by atoms with E-state index in [4.69, 9.17) is 10.3 Å². The number of nitrogens with one attached hydrogen (secondary N) is 2. The van der Waals surface area contributed by atoms with Crippen molar-refractivity contribution in [2.45, 2.75) is 19.9 Å². The molecule has 2 amide bonds. The second-order valence-corrected chi connectivity index (χ2v) is 7.11. The fourth-order valence-corrected chi connectivity index (χ4v) is 3.25. The first-order valence-corrected chi connectivity index (χ1v) is 9.97. The van der Waals surface area contributed by atoms with Gasteiger partial charge in [0.15, 0.2) is 0 Å². The van der Waals surface area contributed by atoms with Gasteiger partial charge in [0, 0.05) is 43.6 Å². The summed E-state index contributed by atoms with van der Waals surface area (Å²) in [5.74, 6) is 0. The molecule has 0 radical (unpaired) electrons. The predicted octanol–water partition coefficient (Wildman–Crippen LogP) is 3.93. The van der Waals surface area contributed by atoms with E-state index in [1.165, 1.54) is 17.6 Å². The molecule has 0 unspecified atom stereocenters. The molecule has 0 aliphatic carbocycles. The number of hydrogen-bond acceptors (Lipinski definition) is 6. The minimum Gasteiger partial charge on any atom is -0.368 e. The van der Waals surface area contributed by atoms with E-state index >= 15 is 0 Å². The lowest BCUT2D eigenvalue weighted by atomic mass is 10.2. The van der Waals surface area contributed by atoms with Gasteiger partial charge in [0.05, 0.1) is 19.1 Å². The first kappa shape index (κ1) is 22.9. The van der Waals surface area contributed by atoms with Gasteiger partial charge in [-0.3, -0.25) is 10.3 Å². The Labute approximate surface area is 178 Å². The molecule has 0 bridgehead atoms. The molecule has 160 valence electrons. The SMILES string of the molecule is CC(C)NC(=O)N(C=N)c1ccc(N2CCN(c3ccccc3)CC2)cc1.CN=O. The third-order valence-electron chi connectivity index (χ3n) is 4.65. The highest BCUT2D eigenvalue weighted by atomic mass is 16.2. The summed E-state index contributed by atoms with van der Waals surface area (Å²) in [6.45, 7) is 7.67. The third-order valence-corrected chi connectivity index (χ3v) is 4.65. The quantitative estimate of drug-likeness (QED) is 0.444. The molecule has 0 atom stereocenters. The molecular weight excluding hydrogens is 380 g/mol. The summed E-state index contributed by atoms with van der Waals surface area (Å²) in [4.78, 5) is 26.8. The topological polar surface area (TPSA) is 92.1 Å². The van der Waals surface area contributed by atoms with Crippen molar-refractivity contribution in [1.29, 1.82) is 5.41 Å². The Balaban J connectivity index is 0.00000101. The summed E-state index contributed by atoms with van der Waals surface area (Å²) in [6.07, 6.45) is 1.05. The van der Waals surface area contributed by atoms with Crippen LogP contribution in [0.3, 0.4) is 0 Å². The van der Waals surface area contributed by atoms with Gasteiger partial charge in [-0.1, -0.05) is 23.4 Å². The Morgan fingerprint density at radius 3 is 1.90 bits per heavy atom. The zero-order valence-electron chi connectivity index (χ0n) is 17.8. The lowest BCUT2D eigenvalue weighted by Crippen LogP contribution is -2.46. The molecular formula is C22H30N6O2. The van der Waals surface area contributed by atoms with Gasteiger partial charge in [-0.2, -0.15) is 4.91 Å². The van der Waals surface area contributed by atoms with Crippen LogP contribution in [0.4, 0.5) is 21.9 Å². The smallest absolute Gasteiger partial charge is 0.327 e. The van der Waals surface area contributed by atoms with Crippen LogP contribution in [0.25, 0.3) is 0 Å². The van der Waals surface area contributed by atoms with Crippen molar-refractivity contribution in [3.8, 4) is 0 Å². The van der Waals surface area contributed by atoms with Crippen molar-refractivity contribution in [1.82, 2.24) is 5.32 Å². The molecule has 8 heteroatoms. The van der Waals surface area contributed by atoms with Gasteiger partial charge in [-0.15, -0.1) is 0 Å². The standard InChI is InChI=1S/C21H27N5O.CH3NO/c1-17(2)23-21(27)26(16-22)20-10-8-19(9-11-20)25-14-12-24(13-15-25)18-6-4-3-5-7-18;1-2-3/h3-11,16-17,22H,12-15H2,1-2H3,(H,23,27);1H3. The Morgan fingerprint density at radius 1 is 1.00 bits per heavy atom. The number of para-hydroxylation sites is 1. The van der Waals surface area contributed by atoms with Crippen LogP contribution >= 0.6 is 0 Å². The molecule has 1 fully saturated rings. The maximum absolute atomic E-state index is 12.2. The second kappa shape index (κ2) is 11.5. The lowest BCUT2D eigenvalue weighted by molar-refractivity contribution is 0.247. The highest BCUT2D eigenvalue weighted by Crippen LogP contribution is 2.23. The molecule has 3 rings (SSSR count). The van der Waals surface area contributed by atoms with Crippen LogP contribution in [0.15, 0.2) is 59.8 Å². The average Bonchev–Trinajstić information content (AvgIpc) is 2.76. The zero-order chi connectivity index (χ0) is 21.9. The highest BCUT2D eigenvalue weighted by Gasteiger charge is 2.18. The number of nitroso groups, excluding NO2 is 1. The Hall–Kier alpha value is -3.42. The molecule has 1 aliphatic heterocycles. The minimum atomic E-state index is -0.288. The van der Waals surface area contributed by atoms with Gasteiger partial charge in [-0.05, 0) is 50.2 Å². The summed E-state index contributed by atoms with van der Waals surface area (Å²) in [7, 11) is 1.19. The summed E-state index contributed by atoms with van der Waals surface area (Å²) in [5.41, 5.74) is 3.10. The van der Waals surface area contributed by atoms with Crippen LogP contribution in [-0.4, -0.2) is 51.6 Å². The summed E-state index contributed by atoms with van der Waals surface area (Å²) >= 11 is 0. The van der Waals surface area contributed by atoms with Crippen LogP contribution in [-0.2, 0) is 0 Å².